The van der Waals surface area contributed by atoms with Crippen molar-refractivity contribution in [2.75, 3.05) is 13.2 Å². The van der Waals surface area contributed by atoms with Crippen LogP contribution in [0.1, 0.15) is 17.7 Å². The third-order valence-corrected chi connectivity index (χ3v) is 5.44. The highest BCUT2D eigenvalue weighted by Gasteiger charge is 2.55. The van der Waals surface area contributed by atoms with E-state index in [1.54, 1.807) is 18.2 Å². The normalized spacial score (nSPS) is 20.2. The van der Waals surface area contributed by atoms with Gasteiger partial charge in [0.1, 0.15) is 17.9 Å². The molecule has 1 fully saturated rings. The van der Waals surface area contributed by atoms with Gasteiger partial charge in [0.05, 0.1) is 18.8 Å². The average molecular weight is 405 g/mol. The summed E-state index contributed by atoms with van der Waals surface area (Å²) in [4.78, 5) is 43.6. The molecule has 1 spiro atoms. The first kappa shape index (κ1) is 18.2. The Bertz CT molecular complexity index is 1140. The fraction of sp³-hybridized carbons (Fsp3) is 0.238. The quantitative estimate of drug-likeness (QED) is 0.635. The lowest BCUT2D eigenvalue weighted by Gasteiger charge is -2.33. The fourth-order valence-electron chi connectivity index (χ4n) is 3.98. The third kappa shape index (κ3) is 2.86. The maximum absolute atomic E-state index is 13.2. The zero-order valence-corrected chi connectivity index (χ0v) is 16.0. The molecule has 1 saturated heterocycles. The highest BCUT2D eigenvalue weighted by Crippen LogP contribution is 2.40. The van der Waals surface area contributed by atoms with Crippen molar-refractivity contribution in [1.82, 2.24) is 24.9 Å². The standard InChI is InChI=1S/C21H19N5O4/c27-18(22-11-14-12-25-9-4-3-7-17(25)23-14)13-26-19(28)21(24-20(26)29)8-10-30-16-6-2-1-5-15(16)21/h1-7,9,12H,8,10-11,13H2,(H,22,27)(H,24,29)/t21-/m1/s1. The molecule has 4 amide bonds. The number of nitrogens with zero attached hydrogens (tertiary/aromatic N) is 3. The number of benzene rings is 1. The second kappa shape index (κ2) is 6.87. The summed E-state index contributed by atoms with van der Waals surface area (Å²) in [6.45, 7) is 0.145. The summed E-state index contributed by atoms with van der Waals surface area (Å²) in [7, 11) is 0. The van der Waals surface area contributed by atoms with Gasteiger partial charge < -0.3 is 19.8 Å². The highest BCUT2D eigenvalue weighted by atomic mass is 16.5. The lowest BCUT2D eigenvalue weighted by Crippen LogP contribution is -2.48. The van der Waals surface area contributed by atoms with E-state index in [1.807, 2.05) is 41.1 Å². The molecule has 1 atom stereocenters. The van der Waals surface area contributed by atoms with Crippen molar-refractivity contribution in [3.05, 3.63) is 66.1 Å². The molecule has 2 aliphatic rings. The summed E-state index contributed by atoms with van der Waals surface area (Å²) in [5.74, 6) is -0.311. The van der Waals surface area contributed by atoms with Crippen molar-refractivity contribution in [1.29, 1.82) is 0 Å². The molecule has 0 saturated carbocycles. The average Bonchev–Trinajstić information content (AvgIpc) is 3.27. The Morgan fingerprint density at radius 1 is 1.20 bits per heavy atom. The van der Waals surface area contributed by atoms with Crippen molar-refractivity contribution in [2.45, 2.75) is 18.5 Å². The van der Waals surface area contributed by atoms with Gasteiger partial charge in [0.2, 0.25) is 5.91 Å². The lowest BCUT2D eigenvalue weighted by molar-refractivity contribution is -0.136. The molecular formula is C21H19N5O4. The molecular weight excluding hydrogens is 386 g/mol. The number of ether oxygens (including phenoxy) is 1. The van der Waals surface area contributed by atoms with Crippen molar-refractivity contribution < 1.29 is 19.1 Å². The van der Waals surface area contributed by atoms with Crippen molar-refractivity contribution in [2.24, 2.45) is 0 Å². The zero-order chi connectivity index (χ0) is 20.7. The van der Waals surface area contributed by atoms with Crippen LogP contribution in [0, 0.1) is 0 Å². The second-order valence-corrected chi connectivity index (χ2v) is 7.30. The van der Waals surface area contributed by atoms with Crippen LogP contribution in [-0.4, -0.2) is 45.3 Å². The Morgan fingerprint density at radius 2 is 2.03 bits per heavy atom. The van der Waals surface area contributed by atoms with Crippen LogP contribution in [0.3, 0.4) is 0 Å². The first-order chi connectivity index (χ1) is 14.6. The molecule has 3 aromatic rings. The molecule has 0 aliphatic carbocycles. The Hall–Kier alpha value is -3.88. The van der Waals surface area contributed by atoms with E-state index in [0.717, 1.165) is 10.5 Å². The van der Waals surface area contributed by atoms with Gasteiger partial charge in [-0.05, 0) is 18.2 Å². The first-order valence-electron chi connectivity index (χ1n) is 9.62. The van der Waals surface area contributed by atoms with Gasteiger partial charge in [-0.25, -0.2) is 9.78 Å². The van der Waals surface area contributed by atoms with Crippen LogP contribution in [0.4, 0.5) is 4.79 Å². The minimum absolute atomic E-state index is 0.200. The van der Waals surface area contributed by atoms with Crippen molar-refractivity contribution in [3.8, 4) is 5.75 Å². The SMILES string of the molecule is O=C(CN1C(=O)N[C@@]2(CCOc3ccccc32)C1=O)NCc1cn2ccccc2n1. The molecule has 30 heavy (non-hydrogen) atoms. The summed E-state index contributed by atoms with van der Waals surface area (Å²) in [5, 5.41) is 5.51. The number of hydrogen-bond donors (Lipinski definition) is 2. The number of hydrogen-bond acceptors (Lipinski definition) is 5. The highest BCUT2D eigenvalue weighted by molar-refractivity contribution is 6.09. The molecule has 152 valence electrons. The Kier molecular flexibility index (Phi) is 4.16. The number of carbonyl (C=O) groups excluding carboxylic acids is 3. The Morgan fingerprint density at radius 3 is 2.90 bits per heavy atom. The van der Waals surface area contributed by atoms with Crippen LogP contribution in [0.5, 0.6) is 5.75 Å². The predicted octanol–water partition coefficient (Wildman–Crippen LogP) is 1.18. The van der Waals surface area contributed by atoms with E-state index in [0.29, 0.717) is 30.0 Å². The number of amides is 4. The number of carbonyl (C=O) groups is 3. The number of fused-ring (bicyclic) bond motifs is 3. The van der Waals surface area contributed by atoms with Gasteiger partial charge in [-0.1, -0.05) is 24.3 Å². The summed E-state index contributed by atoms with van der Waals surface area (Å²) < 4.78 is 7.46. The molecule has 0 bridgehead atoms. The first-order valence-corrected chi connectivity index (χ1v) is 9.62. The number of para-hydroxylation sites is 1. The van der Waals surface area contributed by atoms with Gasteiger partial charge in [0.15, 0.2) is 5.54 Å². The molecule has 1 aromatic carbocycles. The van der Waals surface area contributed by atoms with Crippen LogP contribution in [0.2, 0.25) is 0 Å². The van der Waals surface area contributed by atoms with E-state index < -0.39 is 23.4 Å². The van der Waals surface area contributed by atoms with E-state index >= 15 is 0 Å². The molecule has 0 unspecified atom stereocenters. The monoisotopic (exact) mass is 405 g/mol. The maximum atomic E-state index is 13.2. The van der Waals surface area contributed by atoms with E-state index in [2.05, 4.69) is 15.6 Å². The molecule has 9 nitrogen and oxygen atoms in total. The summed E-state index contributed by atoms with van der Waals surface area (Å²) in [6.07, 6.45) is 4.00. The second-order valence-electron chi connectivity index (χ2n) is 7.30. The van der Waals surface area contributed by atoms with Crippen LogP contribution < -0.4 is 15.4 Å². The minimum atomic E-state index is -1.19. The van der Waals surface area contributed by atoms with Crippen LogP contribution in [0.15, 0.2) is 54.9 Å². The molecule has 0 radical (unpaired) electrons. The zero-order valence-electron chi connectivity index (χ0n) is 16.0. The summed E-state index contributed by atoms with van der Waals surface area (Å²) in [6, 6.07) is 12.2. The molecule has 9 heteroatoms. The van der Waals surface area contributed by atoms with Gasteiger partial charge in [-0.15, -0.1) is 0 Å². The van der Waals surface area contributed by atoms with Crippen molar-refractivity contribution >= 4 is 23.5 Å². The third-order valence-electron chi connectivity index (χ3n) is 5.44. The number of urea groups is 1. The Balaban J connectivity index is 1.29. The number of nitrogens with one attached hydrogen (secondary N) is 2. The van der Waals surface area contributed by atoms with E-state index in [-0.39, 0.29) is 13.1 Å². The molecule has 2 N–H and O–H groups in total. The summed E-state index contributed by atoms with van der Waals surface area (Å²) in [5.41, 5.74) is 0.883. The van der Waals surface area contributed by atoms with Gasteiger partial charge in [-0.2, -0.15) is 0 Å². The van der Waals surface area contributed by atoms with Gasteiger partial charge in [-0.3, -0.25) is 14.5 Å². The van der Waals surface area contributed by atoms with Gasteiger partial charge in [0, 0.05) is 24.4 Å². The van der Waals surface area contributed by atoms with Crippen LogP contribution >= 0.6 is 0 Å². The summed E-state index contributed by atoms with van der Waals surface area (Å²) >= 11 is 0. The molecule has 4 heterocycles. The number of imide groups is 1. The topological polar surface area (TPSA) is 105 Å². The number of rotatable bonds is 4. The minimum Gasteiger partial charge on any atom is -0.493 e. The smallest absolute Gasteiger partial charge is 0.325 e. The van der Waals surface area contributed by atoms with Gasteiger partial charge >= 0.3 is 6.03 Å². The lowest BCUT2D eigenvalue weighted by atomic mass is 9.84. The number of pyridine rings is 1. The van der Waals surface area contributed by atoms with E-state index in [1.165, 1.54) is 0 Å². The van der Waals surface area contributed by atoms with Crippen LogP contribution in [-0.2, 0) is 21.7 Å². The van der Waals surface area contributed by atoms with E-state index in [4.69, 9.17) is 4.74 Å². The van der Waals surface area contributed by atoms with Crippen LogP contribution in [0.25, 0.3) is 5.65 Å². The Labute approximate surface area is 171 Å². The molecule has 2 aromatic heterocycles. The maximum Gasteiger partial charge on any atom is 0.325 e. The molecule has 2 aliphatic heterocycles. The number of aromatic nitrogens is 2. The fourth-order valence-corrected chi connectivity index (χ4v) is 3.98. The van der Waals surface area contributed by atoms with Gasteiger partial charge in [0.25, 0.3) is 5.91 Å². The molecule has 5 rings (SSSR count). The van der Waals surface area contributed by atoms with Crippen molar-refractivity contribution in [3.63, 3.8) is 0 Å². The predicted molar refractivity (Wildman–Crippen MR) is 106 cm³/mol. The number of imidazole rings is 1. The van der Waals surface area contributed by atoms with E-state index in [9.17, 15) is 14.4 Å². The largest absolute Gasteiger partial charge is 0.493 e.